The Morgan fingerprint density at radius 3 is 2.47 bits per heavy atom. The summed E-state index contributed by atoms with van der Waals surface area (Å²) in [5.74, 6) is 1.73. The Bertz CT molecular complexity index is 435. The molecule has 2 aliphatic heterocycles. The maximum absolute atomic E-state index is 11.6. The smallest absolute Gasteiger partial charge is 0.282 e. The lowest BCUT2D eigenvalue weighted by Crippen LogP contribution is -2.50. The highest BCUT2D eigenvalue weighted by atomic mass is 32.2. The molecule has 0 radical (unpaired) electrons. The molecular formula is C12H17N5OS. The van der Waals surface area contributed by atoms with E-state index in [0.29, 0.717) is 0 Å². The zero-order chi connectivity index (χ0) is 13.1. The summed E-state index contributed by atoms with van der Waals surface area (Å²) in [5.41, 5.74) is 0. The van der Waals surface area contributed by atoms with Gasteiger partial charge in [0.05, 0.1) is 6.67 Å². The standard InChI is InChI=1S/C12H17N5OS/c18-12-17(8-9-19-12)10-15-4-6-16(7-5-15)11-13-2-1-3-14-11/h1-3H,4-10H2. The normalized spacial score (nSPS) is 21.2. The third-order valence-corrected chi connectivity index (χ3v) is 4.31. The van der Waals surface area contributed by atoms with E-state index < -0.39 is 0 Å². The topological polar surface area (TPSA) is 52.6 Å². The SMILES string of the molecule is O=C1SCCN1CN1CCN(c2ncccn2)CC1. The van der Waals surface area contributed by atoms with Crippen LogP contribution in [0.2, 0.25) is 0 Å². The number of carbonyl (C=O) groups excluding carboxylic acids is 1. The molecule has 0 atom stereocenters. The first-order valence-electron chi connectivity index (χ1n) is 6.49. The maximum atomic E-state index is 11.6. The minimum atomic E-state index is 0.217. The number of hydrogen-bond acceptors (Lipinski definition) is 6. The van der Waals surface area contributed by atoms with E-state index in [-0.39, 0.29) is 5.24 Å². The van der Waals surface area contributed by atoms with Gasteiger partial charge in [0.15, 0.2) is 0 Å². The number of nitrogens with zero attached hydrogens (tertiary/aromatic N) is 5. The zero-order valence-corrected chi connectivity index (χ0v) is 11.6. The predicted molar refractivity (Wildman–Crippen MR) is 75.2 cm³/mol. The Labute approximate surface area is 116 Å². The van der Waals surface area contributed by atoms with Gasteiger partial charge in [-0.3, -0.25) is 9.69 Å². The van der Waals surface area contributed by atoms with Crippen LogP contribution in [0.5, 0.6) is 0 Å². The number of carbonyl (C=O) groups is 1. The summed E-state index contributed by atoms with van der Waals surface area (Å²) in [6.45, 7) is 5.37. The van der Waals surface area contributed by atoms with Crippen LogP contribution < -0.4 is 4.90 Å². The molecule has 3 heterocycles. The van der Waals surface area contributed by atoms with Crippen LogP contribution in [0.15, 0.2) is 18.5 Å². The van der Waals surface area contributed by atoms with E-state index in [4.69, 9.17) is 0 Å². The highest BCUT2D eigenvalue weighted by Crippen LogP contribution is 2.18. The number of amides is 1. The molecule has 2 saturated heterocycles. The second-order valence-corrected chi connectivity index (χ2v) is 5.72. The zero-order valence-electron chi connectivity index (χ0n) is 10.7. The first kappa shape index (κ1) is 12.7. The molecule has 0 aliphatic carbocycles. The van der Waals surface area contributed by atoms with E-state index in [0.717, 1.165) is 51.1 Å². The minimum Gasteiger partial charge on any atom is -0.338 e. The van der Waals surface area contributed by atoms with Crippen LogP contribution in [0.25, 0.3) is 0 Å². The van der Waals surface area contributed by atoms with Crippen molar-refractivity contribution in [2.75, 3.05) is 50.0 Å². The van der Waals surface area contributed by atoms with Crippen molar-refractivity contribution < 1.29 is 4.79 Å². The molecule has 0 aromatic carbocycles. The van der Waals surface area contributed by atoms with E-state index in [9.17, 15) is 4.79 Å². The summed E-state index contributed by atoms with van der Waals surface area (Å²) < 4.78 is 0. The lowest BCUT2D eigenvalue weighted by Gasteiger charge is -2.36. The number of piperazine rings is 1. The Morgan fingerprint density at radius 2 is 1.84 bits per heavy atom. The van der Waals surface area contributed by atoms with Crippen molar-refractivity contribution in [3.8, 4) is 0 Å². The predicted octanol–water partition coefficient (Wildman–Crippen LogP) is 0.725. The number of aromatic nitrogens is 2. The summed E-state index contributed by atoms with van der Waals surface area (Å²) in [5, 5.41) is 0.217. The monoisotopic (exact) mass is 279 g/mol. The molecule has 2 fully saturated rings. The molecule has 102 valence electrons. The Morgan fingerprint density at radius 1 is 1.11 bits per heavy atom. The highest BCUT2D eigenvalue weighted by molar-refractivity contribution is 8.13. The van der Waals surface area contributed by atoms with Gasteiger partial charge in [0.1, 0.15) is 0 Å². The van der Waals surface area contributed by atoms with Crippen LogP contribution in [0.1, 0.15) is 0 Å². The van der Waals surface area contributed by atoms with Crippen molar-refractivity contribution in [2.45, 2.75) is 0 Å². The van der Waals surface area contributed by atoms with Crippen molar-refractivity contribution in [2.24, 2.45) is 0 Å². The average Bonchev–Trinajstić information content (AvgIpc) is 2.86. The Kier molecular flexibility index (Phi) is 3.84. The molecule has 0 unspecified atom stereocenters. The van der Waals surface area contributed by atoms with Gasteiger partial charge in [-0.15, -0.1) is 0 Å². The second-order valence-electron chi connectivity index (χ2n) is 4.67. The lowest BCUT2D eigenvalue weighted by atomic mass is 10.3. The first-order chi connectivity index (χ1) is 9.33. The number of hydrogen-bond donors (Lipinski definition) is 0. The van der Waals surface area contributed by atoms with Crippen LogP contribution >= 0.6 is 11.8 Å². The molecule has 19 heavy (non-hydrogen) atoms. The molecule has 0 N–H and O–H groups in total. The fourth-order valence-corrected chi connectivity index (χ4v) is 3.16. The summed E-state index contributed by atoms with van der Waals surface area (Å²) in [6.07, 6.45) is 3.55. The van der Waals surface area contributed by atoms with Gasteiger partial charge in [-0.05, 0) is 6.07 Å². The van der Waals surface area contributed by atoms with Crippen molar-refractivity contribution in [3.63, 3.8) is 0 Å². The lowest BCUT2D eigenvalue weighted by molar-refractivity contribution is 0.156. The highest BCUT2D eigenvalue weighted by Gasteiger charge is 2.25. The molecule has 1 aromatic heterocycles. The van der Waals surface area contributed by atoms with Gasteiger partial charge in [0.25, 0.3) is 5.24 Å². The van der Waals surface area contributed by atoms with Gasteiger partial charge in [-0.2, -0.15) is 0 Å². The van der Waals surface area contributed by atoms with Crippen LogP contribution in [0.3, 0.4) is 0 Å². The third-order valence-electron chi connectivity index (χ3n) is 3.42. The first-order valence-corrected chi connectivity index (χ1v) is 7.47. The minimum absolute atomic E-state index is 0.217. The van der Waals surface area contributed by atoms with Gasteiger partial charge in [-0.1, -0.05) is 11.8 Å². The maximum Gasteiger partial charge on any atom is 0.282 e. The molecular weight excluding hydrogens is 262 g/mol. The molecule has 1 aromatic rings. The van der Waals surface area contributed by atoms with E-state index in [2.05, 4.69) is 19.8 Å². The van der Waals surface area contributed by atoms with Crippen LogP contribution in [-0.4, -0.2) is 70.2 Å². The fraction of sp³-hybridized carbons (Fsp3) is 0.583. The fourth-order valence-electron chi connectivity index (χ4n) is 2.34. The Balaban J connectivity index is 1.51. The number of rotatable bonds is 3. The van der Waals surface area contributed by atoms with Crippen molar-refractivity contribution in [3.05, 3.63) is 18.5 Å². The summed E-state index contributed by atoms with van der Waals surface area (Å²) in [7, 11) is 0. The van der Waals surface area contributed by atoms with E-state index in [1.807, 2.05) is 11.0 Å². The third kappa shape index (κ3) is 2.98. The molecule has 2 aliphatic rings. The molecule has 3 rings (SSSR count). The van der Waals surface area contributed by atoms with Crippen LogP contribution in [0.4, 0.5) is 10.7 Å². The summed E-state index contributed by atoms with van der Waals surface area (Å²) in [6, 6.07) is 1.83. The number of anilines is 1. The Hall–Kier alpha value is -1.34. The van der Waals surface area contributed by atoms with Gasteiger partial charge >= 0.3 is 0 Å². The molecule has 1 amide bonds. The summed E-state index contributed by atoms with van der Waals surface area (Å²) in [4.78, 5) is 26.6. The van der Waals surface area contributed by atoms with Crippen molar-refractivity contribution in [1.29, 1.82) is 0 Å². The molecule has 0 bridgehead atoms. The van der Waals surface area contributed by atoms with E-state index >= 15 is 0 Å². The summed E-state index contributed by atoms with van der Waals surface area (Å²) >= 11 is 1.42. The van der Waals surface area contributed by atoms with Gasteiger partial charge in [0, 0.05) is 50.9 Å². The van der Waals surface area contributed by atoms with Gasteiger partial charge in [-0.25, -0.2) is 9.97 Å². The average molecular weight is 279 g/mol. The van der Waals surface area contributed by atoms with E-state index in [1.54, 1.807) is 12.4 Å². The molecule has 7 heteroatoms. The molecule has 0 spiro atoms. The second kappa shape index (κ2) is 5.75. The van der Waals surface area contributed by atoms with Gasteiger partial charge in [0.2, 0.25) is 5.95 Å². The van der Waals surface area contributed by atoms with Crippen LogP contribution in [-0.2, 0) is 0 Å². The largest absolute Gasteiger partial charge is 0.338 e. The van der Waals surface area contributed by atoms with Crippen molar-refractivity contribution >= 4 is 22.9 Å². The quantitative estimate of drug-likeness (QED) is 0.813. The van der Waals surface area contributed by atoms with Crippen molar-refractivity contribution in [1.82, 2.24) is 19.8 Å². The number of thioether (sulfide) groups is 1. The van der Waals surface area contributed by atoms with Gasteiger partial charge < -0.3 is 9.80 Å². The van der Waals surface area contributed by atoms with Crippen LogP contribution in [0, 0.1) is 0 Å². The van der Waals surface area contributed by atoms with E-state index in [1.165, 1.54) is 11.8 Å². The molecule has 6 nitrogen and oxygen atoms in total. The molecule has 0 saturated carbocycles.